The largest absolute Gasteiger partial charge is 0.316 e. The first-order valence-corrected chi connectivity index (χ1v) is 7.01. The van der Waals surface area contributed by atoms with E-state index in [1.165, 1.54) is 16.6 Å². The summed E-state index contributed by atoms with van der Waals surface area (Å²) in [5.41, 5.74) is 0. The van der Waals surface area contributed by atoms with Crippen molar-refractivity contribution in [3.05, 3.63) is 22.4 Å². The number of hydrogen-bond donors (Lipinski definition) is 1. The maximum absolute atomic E-state index is 10.9. The molecule has 1 fully saturated rings. The van der Waals surface area contributed by atoms with E-state index in [1.807, 2.05) is 11.3 Å². The van der Waals surface area contributed by atoms with Crippen molar-refractivity contribution in [3.8, 4) is 0 Å². The molecule has 82 valence electrons. The maximum Gasteiger partial charge on any atom is 0.185 e. The van der Waals surface area contributed by atoms with Gasteiger partial charge >= 0.3 is 0 Å². The molecule has 2 atom stereocenters. The summed E-state index contributed by atoms with van der Waals surface area (Å²) in [5, 5.41) is 5.77. The second-order valence-corrected chi connectivity index (χ2v) is 6.02. The smallest absolute Gasteiger partial charge is 0.185 e. The Balaban J connectivity index is 1.96. The molecule has 1 aliphatic heterocycles. The predicted octanol–water partition coefficient (Wildman–Crippen LogP) is 2.33. The van der Waals surface area contributed by atoms with Crippen molar-refractivity contribution in [3.63, 3.8) is 0 Å². The molecule has 2 nitrogen and oxygen atoms in total. The van der Waals surface area contributed by atoms with Crippen molar-refractivity contribution in [2.24, 2.45) is 5.92 Å². The van der Waals surface area contributed by atoms with E-state index in [0.717, 1.165) is 18.8 Å². The van der Waals surface area contributed by atoms with Gasteiger partial charge in [-0.3, -0.25) is 4.79 Å². The third kappa shape index (κ3) is 2.83. The predicted molar refractivity (Wildman–Crippen MR) is 66.6 cm³/mol. The van der Waals surface area contributed by atoms with E-state index in [2.05, 4.69) is 22.8 Å². The van der Waals surface area contributed by atoms with Crippen LogP contribution in [-0.4, -0.2) is 24.0 Å². The van der Waals surface area contributed by atoms with Gasteiger partial charge in [0.25, 0.3) is 0 Å². The summed E-state index contributed by atoms with van der Waals surface area (Å²) in [6.45, 7) is 3.75. The first kappa shape index (κ1) is 11.2. The molecule has 0 spiro atoms. The lowest BCUT2D eigenvalue weighted by atomic mass is 9.96. The van der Waals surface area contributed by atoms with Crippen LogP contribution in [0, 0.1) is 5.92 Å². The number of rotatable bonds is 3. The molecule has 1 aromatic rings. The van der Waals surface area contributed by atoms with E-state index in [9.17, 15) is 4.79 Å². The molecule has 15 heavy (non-hydrogen) atoms. The molecule has 1 aromatic heterocycles. The molecule has 1 saturated heterocycles. The molecule has 0 aromatic carbocycles. The second-order valence-electron chi connectivity index (χ2n) is 3.84. The van der Waals surface area contributed by atoms with E-state index in [1.54, 1.807) is 6.92 Å². The Morgan fingerprint density at radius 1 is 1.67 bits per heavy atom. The maximum atomic E-state index is 10.9. The summed E-state index contributed by atoms with van der Waals surface area (Å²) < 4.78 is 0. The van der Waals surface area contributed by atoms with Crippen LogP contribution in [0.2, 0.25) is 0 Å². The minimum absolute atomic E-state index is 0.229. The van der Waals surface area contributed by atoms with E-state index in [4.69, 9.17) is 0 Å². The van der Waals surface area contributed by atoms with Crippen molar-refractivity contribution < 1.29 is 4.79 Å². The molecule has 2 unspecified atom stereocenters. The Morgan fingerprint density at radius 2 is 2.53 bits per heavy atom. The minimum atomic E-state index is 0.229. The van der Waals surface area contributed by atoms with Crippen LogP contribution in [0.15, 0.2) is 17.5 Å². The van der Waals surface area contributed by atoms with Gasteiger partial charge in [-0.25, -0.2) is 0 Å². The zero-order valence-corrected chi connectivity index (χ0v) is 10.4. The molecule has 0 radical (unpaired) electrons. The lowest BCUT2D eigenvalue weighted by Crippen LogP contribution is -2.13. The van der Waals surface area contributed by atoms with Crippen LogP contribution in [0.5, 0.6) is 0 Å². The first-order valence-electron chi connectivity index (χ1n) is 5.15. The highest BCUT2D eigenvalue weighted by Gasteiger charge is 2.29. The zero-order chi connectivity index (χ0) is 10.7. The Bertz CT molecular complexity index is 323. The highest BCUT2D eigenvalue weighted by Crippen LogP contribution is 2.33. The number of carbonyl (C=O) groups is 1. The molecular weight excluding hydrogens is 226 g/mol. The summed E-state index contributed by atoms with van der Waals surface area (Å²) in [4.78, 5) is 12.4. The third-order valence-electron chi connectivity index (χ3n) is 2.75. The van der Waals surface area contributed by atoms with Gasteiger partial charge in [0.1, 0.15) is 0 Å². The van der Waals surface area contributed by atoms with E-state index < -0.39 is 0 Å². The highest BCUT2D eigenvalue weighted by molar-refractivity contribution is 8.13. The molecule has 0 aliphatic carbocycles. The van der Waals surface area contributed by atoms with Gasteiger partial charge < -0.3 is 5.32 Å². The number of thiophene rings is 1. The van der Waals surface area contributed by atoms with Crippen LogP contribution in [0.4, 0.5) is 0 Å². The van der Waals surface area contributed by atoms with Gasteiger partial charge in [-0.2, -0.15) is 0 Å². The Kier molecular flexibility index (Phi) is 3.83. The molecule has 0 bridgehead atoms. The summed E-state index contributed by atoms with van der Waals surface area (Å²) in [6.07, 6.45) is 0. The summed E-state index contributed by atoms with van der Waals surface area (Å²) >= 11 is 3.28. The van der Waals surface area contributed by atoms with E-state index in [0.29, 0.717) is 11.8 Å². The molecule has 1 aliphatic rings. The number of carbonyl (C=O) groups excluding carboxylic acids is 1. The fourth-order valence-corrected chi connectivity index (χ4v) is 3.69. The summed E-state index contributed by atoms with van der Waals surface area (Å²) in [5.74, 6) is 2.17. The van der Waals surface area contributed by atoms with Crippen molar-refractivity contribution >= 4 is 28.2 Å². The van der Waals surface area contributed by atoms with Gasteiger partial charge in [0, 0.05) is 30.0 Å². The quantitative estimate of drug-likeness (QED) is 0.880. The number of nitrogens with one attached hydrogen (secondary N) is 1. The first-order chi connectivity index (χ1) is 7.27. The molecule has 2 heterocycles. The van der Waals surface area contributed by atoms with E-state index in [-0.39, 0.29) is 5.12 Å². The fourth-order valence-electron chi connectivity index (χ4n) is 1.97. The Hall–Kier alpha value is -0.320. The molecule has 1 N–H and O–H groups in total. The van der Waals surface area contributed by atoms with Crippen LogP contribution < -0.4 is 5.32 Å². The van der Waals surface area contributed by atoms with Crippen LogP contribution in [-0.2, 0) is 4.79 Å². The van der Waals surface area contributed by atoms with Crippen LogP contribution >= 0.6 is 23.1 Å². The van der Waals surface area contributed by atoms with Crippen molar-refractivity contribution in [1.29, 1.82) is 0 Å². The van der Waals surface area contributed by atoms with Crippen LogP contribution in [0.25, 0.3) is 0 Å². The van der Waals surface area contributed by atoms with Crippen molar-refractivity contribution in [2.75, 3.05) is 18.8 Å². The molecule has 0 saturated carbocycles. The monoisotopic (exact) mass is 241 g/mol. The average Bonchev–Trinajstić information content (AvgIpc) is 2.85. The van der Waals surface area contributed by atoms with Gasteiger partial charge in [0.15, 0.2) is 5.12 Å². The SMILES string of the molecule is CC(=O)SCC1CNCC1c1cccs1. The second kappa shape index (κ2) is 5.14. The summed E-state index contributed by atoms with van der Waals surface area (Å²) in [6, 6.07) is 4.31. The Morgan fingerprint density at radius 3 is 3.20 bits per heavy atom. The lowest BCUT2D eigenvalue weighted by molar-refractivity contribution is -0.109. The van der Waals surface area contributed by atoms with Crippen LogP contribution in [0.3, 0.4) is 0 Å². The Labute approximate surface area is 98.5 Å². The highest BCUT2D eigenvalue weighted by atomic mass is 32.2. The number of thioether (sulfide) groups is 1. The topological polar surface area (TPSA) is 29.1 Å². The average molecular weight is 241 g/mol. The molecule has 0 amide bonds. The van der Waals surface area contributed by atoms with Crippen LogP contribution in [0.1, 0.15) is 17.7 Å². The molecule has 4 heteroatoms. The normalized spacial score (nSPS) is 25.7. The minimum Gasteiger partial charge on any atom is -0.316 e. The van der Waals surface area contributed by atoms with Gasteiger partial charge in [-0.1, -0.05) is 17.8 Å². The fraction of sp³-hybridized carbons (Fsp3) is 0.545. The third-order valence-corrected chi connectivity index (χ3v) is 4.75. The van der Waals surface area contributed by atoms with Gasteiger partial charge in [0.2, 0.25) is 0 Å². The molecule has 2 rings (SSSR count). The van der Waals surface area contributed by atoms with E-state index >= 15 is 0 Å². The standard InChI is InChI=1S/C11H15NOS2/c1-8(13)15-7-9-5-12-6-10(9)11-3-2-4-14-11/h2-4,9-10,12H,5-7H2,1H3. The zero-order valence-electron chi connectivity index (χ0n) is 8.73. The summed E-state index contributed by atoms with van der Waals surface area (Å²) in [7, 11) is 0. The van der Waals surface area contributed by atoms with Gasteiger partial charge in [0.05, 0.1) is 0 Å². The van der Waals surface area contributed by atoms with Gasteiger partial charge in [-0.05, 0) is 23.9 Å². The van der Waals surface area contributed by atoms with Gasteiger partial charge in [-0.15, -0.1) is 11.3 Å². The van der Waals surface area contributed by atoms with Crippen molar-refractivity contribution in [2.45, 2.75) is 12.8 Å². The number of hydrogen-bond acceptors (Lipinski definition) is 4. The molecular formula is C11H15NOS2. The van der Waals surface area contributed by atoms with Crippen molar-refractivity contribution in [1.82, 2.24) is 5.32 Å². The lowest BCUT2D eigenvalue weighted by Gasteiger charge is -2.15.